The lowest BCUT2D eigenvalue weighted by atomic mass is 10.1. The van der Waals surface area contributed by atoms with E-state index in [-0.39, 0.29) is 11.5 Å². The van der Waals surface area contributed by atoms with Gasteiger partial charge in [0.15, 0.2) is 17.7 Å². The number of nitrogens with one attached hydrogen (secondary N) is 1. The minimum Gasteiger partial charge on any atom is -0.494 e. The number of hydrogen-bond acceptors (Lipinski definition) is 6. The minimum absolute atomic E-state index is 0.197. The number of rotatable bonds is 14. The molecule has 1 saturated heterocycles. The van der Waals surface area contributed by atoms with Gasteiger partial charge in [-0.15, -0.1) is 0 Å². The Labute approximate surface area is 216 Å². The number of ether oxygens (including phenoxy) is 3. The van der Waals surface area contributed by atoms with Crippen LogP contribution in [0.1, 0.15) is 31.4 Å². The molecular formula is C28H35F3N2O4. The summed E-state index contributed by atoms with van der Waals surface area (Å²) in [5.41, 5.74) is 1.17. The molecule has 2 aromatic carbocycles. The highest BCUT2D eigenvalue weighted by molar-refractivity contribution is 5.75. The molecule has 37 heavy (non-hydrogen) atoms. The van der Waals surface area contributed by atoms with Crippen molar-refractivity contribution in [3.63, 3.8) is 0 Å². The zero-order valence-electron chi connectivity index (χ0n) is 21.4. The van der Waals surface area contributed by atoms with Gasteiger partial charge in [-0.05, 0) is 62.4 Å². The normalized spacial score (nSPS) is 21.5. The summed E-state index contributed by atoms with van der Waals surface area (Å²) in [6.07, 6.45) is 0.702. The third-order valence-electron chi connectivity index (χ3n) is 6.98. The SMILES string of the molecule is CCOC(=O)[C@H](Cc1ccc(OCCCNC2C3CN(Cc4cc(F)c(F)cc4F)C[C@H]32)cc1)OCC. The first-order valence-corrected chi connectivity index (χ1v) is 13.0. The molecule has 0 spiro atoms. The van der Waals surface area contributed by atoms with Crippen LogP contribution in [0.2, 0.25) is 0 Å². The second kappa shape index (κ2) is 12.8. The molecule has 1 aliphatic carbocycles. The molecular weight excluding hydrogens is 485 g/mol. The maximum absolute atomic E-state index is 13.9. The fourth-order valence-corrected chi connectivity index (χ4v) is 5.08. The molecule has 0 bridgehead atoms. The Hall–Kier alpha value is -2.62. The van der Waals surface area contributed by atoms with Crippen molar-refractivity contribution < 1.29 is 32.2 Å². The lowest BCUT2D eigenvalue weighted by Gasteiger charge is -2.20. The van der Waals surface area contributed by atoms with E-state index in [1.165, 1.54) is 0 Å². The van der Waals surface area contributed by atoms with Gasteiger partial charge in [-0.3, -0.25) is 4.90 Å². The van der Waals surface area contributed by atoms with Gasteiger partial charge in [0, 0.05) is 50.3 Å². The molecule has 1 heterocycles. The molecule has 0 aromatic heterocycles. The number of fused-ring (bicyclic) bond motifs is 1. The molecule has 2 fully saturated rings. The van der Waals surface area contributed by atoms with E-state index in [4.69, 9.17) is 14.2 Å². The fraction of sp³-hybridized carbons (Fsp3) is 0.536. The van der Waals surface area contributed by atoms with Crippen molar-refractivity contribution in [1.82, 2.24) is 10.2 Å². The molecule has 0 radical (unpaired) electrons. The average molecular weight is 521 g/mol. The predicted molar refractivity (Wildman–Crippen MR) is 133 cm³/mol. The first-order chi connectivity index (χ1) is 17.9. The molecule has 2 aromatic rings. The topological polar surface area (TPSA) is 60.0 Å². The summed E-state index contributed by atoms with van der Waals surface area (Å²) in [7, 11) is 0. The zero-order valence-corrected chi connectivity index (χ0v) is 21.4. The van der Waals surface area contributed by atoms with Crippen molar-refractivity contribution in [2.24, 2.45) is 11.8 Å². The van der Waals surface area contributed by atoms with Crippen LogP contribution in [-0.2, 0) is 27.2 Å². The number of carbonyl (C=O) groups excluding carboxylic acids is 1. The Morgan fingerprint density at radius 1 is 1.03 bits per heavy atom. The maximum Gasteiger partial charge on any atom is 0.335 e. The van der Waals surface area contributed by atoms with Crippen LogP contribution < -0.4 is 10.1 Å². The summed E-state index contributed by atoms with van der Waals surface area (Å²) < 4.78 is 56.9. The monoisotopic (exact) mass is 520 g/mol. The van der Waals surface area contributed by atoms with Crippen molar-refractivity contribution >= 4 is 5.97 Å². The minimum atomic E-state index is -1.16. The molecule has 2 aliphatic rings. The first-order valence-electron chi connectivity index (χ1n) is 13.0. The van der Waals surface area contributed by atoms with Gasteiger partial charge in [-0.1, -0.05) is 12.1 Å². The van der Waals surface area contributed by atoms with Crippen molar-refractivity contribution in [3.8, 4) is 5.75 Å². The highest BCUT2D eigenvalue weighted by Gasteiger charge is 2.55. The van der Waals surface area contributed by atoms with Gasteiger partial charge in [-0.25, -0.2) is 18.0 Å². The van der Waals surface area contributed by atoms with Gasteiger partial charge in [0.1, 0.15) is 11.6 Å². The Morgan fingerprint density at radius 2 is 1.73 bits per heavy atom. The van der Waals surface area contributed by atoms with E-state index >= 15 is 0 Å². The van der Waals surface area contributed by atoms with Gasteiger partial charge < -0.3 is 19.5 Å². The highest BCUT2D eigenvalue weighted by Crippen LogP contribution is 2.45. The molecule has 1 saturated carbocycles. The van der Waals surface area contributed by atoms with Crippen LogP contribution >= 0.6 is 0 Å². The lowest BCUT2D eigenvalue weighted by Crippen LogP contribution is -2.32. The quantitative estimate of drug-likeness (QED) is 0.230. The summed E-state index contributed by atoms with van der Waals surface area (Å²) in [5, 5.41) is 3.57. The molecule has 1 N–H and O–H groups in total. The second-order valence-electron chi connectivity index (χ2n) is 9.61. The molecule has 202 valence electrons. The number of nitrogens with zero attached hydrogens (tertiary/aromatic N) is 1. The standard InChI is InChI=1S/C28H35F3N2O4/c1-3-35-26(28(34)36-4-2)12-18-6-8-20(9-7-18)37-11-5-10-32-27-21-16-33(17-22(21)27)15-19-13-24(30)25(31)14-23(19)29/h6-9,13-14,21-22,26-27,32H,3-5,10-12,15-17H2,1-2H3/t21-,22?,26+,27?/m1/s1. The summed E-state index contributed by atoms with van der Waals surface area (Å²) >= 11 is 0. The molecule has 0 amide bonds. The van der Waals surface area contributed by atoms with Gasteiger partial charge in [0.2, 0.25) is 0 Å². The molecule has 2 unspecified atom stereocenters. The molecule has 9 heteroatoms. The summed E-state index contributed by atoms with van der Waals surface area (Å²) in [6.45, 7) is 7.76. The van der Waals surface area contributed by atoms with Crippen molar-refractivity contribution in [2.45, 2.75) is 45.4 Å². The molecule has 4 rings (SSSR count). The van der Waals surface area contributed by atoms with Crippen LogP contribution in [-0.4, -0.2) is 62.5 Å². The molecule has 4 atom stereocenters. The number of carbonyl (C=O) groups is 1. The van der Waals surface area contributed by atoms with Gasteiger partial charge in [-0.2, -0.15) is 0 Å². The number of halogens is 3. The van der Waals surface area contributed by atoms with Crippen LogP contribution in [0, 0.1) is 29.3 Å². The average Bonchev–Trinajstić information content (AvgIpc) is 3.32. The number of esters is 1. The summed E-state index contributed by atoms with van der Waals surface area (Å²) in [6, 6.07) is 9.68. The first kappa shape index (κ1) is 27.4. The van der Waals surface area contributed by atoms with Crippen molar-refractivity contribution in [2.75, 3.05) is 39.5 Å². The smallest absolute Gasteiger partial charge is 0.335 e. The number of likely N-dealkylation sites (tertiary alicyclic amines) is 1. The van der Waals surface area contributed by atoms with Gasteiger partial charge in [0.05, 0.1) is 13.2 Å². The fourth-order valence-electron chi connectivity index (χ4n) is 5.08. The Balaban J connectivity index is 1.11. The third kappa shape index (κ3) is 7.24. The van der Waals surface area contributed by atoms with E-state index < -0.39 is 23.6 Å². The Kier molecular flexibility index (Phi) is 9.45. The van der Waals surface area contributed by atoms with Gasteiger partial charge in [0.25, 0.3) is 0 Å². The van der Waals surface area contributed by atoms with Gasteiger partial charge >= 0.3 is 5.97 Å². The van der Waals surface area contributed by atoms with Crippen molar-refractivity contribution in [1.29, 1.82) is 0 Å². The van der Waals surface area contributed by atoms with E-state index in [9.17, 15) is 18.0 Å². The van der Waals surface area contributed by atoms with E-state index in [0.717, 1.165) is 43.4 Å². The highest BCUT2D eigenvalue weighted by atomic mass is 19.2. The maximum atomic E-state index is 13.9. The van der Waals surface area contributed by atoms with Crippen LogP contribution in [0.15, 0.2) is 36.4 Å². The predicted octanol–water partition coefficient (Wildman–Crippen LogP) is 4.10. The number of piperidine rings is 1. The third-order valence-corrected chi connectivity index (χ3v) is 6.98. The zero-order chi connectivity index (χ0) is 26.4. The van der Waals surface area contributed by atoms with E-state index in [2.05, 4.69) is 10.2 Å². The molecule has 1 aliphatic heterocycles. The Bertz CT molecular complexity index is 1040. The van der Waals surface area contributed by atoms with Crippen LogP contribution in [0.25, 0.3) is 0 Å². The molecule has 6 nitrogen and oxygen atoms in total. The van der Waals surface area contributed by atoms with Crippen LogP contribution in [0.5, 0.6) is 5.75 Å². The Morgan fingerprint density at radius 3 is 2.41 bits per heavy atom. The number of hydrogen-bond donors (Lipinski definition) is 1. The van der Waals surface area contributed by atoms with Crippen LogP contribution in [0.4, 0.5) is 13.2 Å². The summed E-state index contributed by atoms with van der Waals surface area (Å²) in [5.74, 6) is -1.41. The second-order valence-corrected chi connectivity index (χ2v) is 9.61. The van der Waals surface area contributed by atoms with E-state index in [1.54, 1.807) is 6.92 Å². The van der Waals surface area contributed by atoms with Crippen molar-refractivity contribution in [3.05, 3.63) is 65.0 Å². The van der Waals surface area contributed by atoms with Crippen LogP contribution in [0.3, 0.4) is 0 Å². The number of benzene rings is 2. The lowest BCUT2D eigenvalue weighted by molar-refractivity contribution is -0.156. The van der Waals surface area contributed by atoms with E-state index in [1.807, 2.05) is 31.2 Å². The van der Waals surface area contributed by atoms with E-state index in [0.29, 0.717) is 56.7 Å². The summed E-state index contributed by atoms with van der Waals surface area (Å²) in [4.78, 5) is 14.1. The largest absolute Gasteiger partial charge is 0.494 e.